The second-order valence-electron chi connectivity index (χ2n) is 9.39. The zero-order valence-electron chi connectivity index (χ0n) is 21.3. The van der Waals surface area contributed by atoms with Gasteiger partial charge in [-0.05, 0) is 23.3 Å². The molecule has 0 unspecified atom stereocenters. The third kappa shape index (κ3) is 4.41. The Labute approximate surface area is 221 Å². The van der Waals surface area contributed by atoms with Gasteiger partial charge in [0.1, 0.15) is 5.56 Å². The number of hydrogen-bond acceptors (Lipinski definition) is 6. The monoisotopic (exact) mass is 503 g/mol. The number of benzene rings is 3. The fourth-order valence-electron chi connectivity index (χ4n) is 5.41. The summed E-state index contributed by atoms with van der Waals surface area (Å²) >= 11 is 0. The summed E-state index contributed by atoms with van der Waals surface area (Å²) in [6.45, 7) is 3.20. The van der Waals surface area contributed by atoms with Crippen LogP contribution in [0.15, 0.2) is 103 Å². The van der Waals surface area contributed by atoms with Crippen molar-refractivity contribution in [3.05, 3.63) is 120 Å². The molecular weight excluding hydrogens is 474 g/mol. The highest BCUT2D eigenvalue weighted by Gasteiger charge is 2.30. The van der Waals surface area contributed by atoms with Crippen LogP contribution in [0.25, 0.3) is 16.7 Å². The van der Waals surface area contributed by atoms with Gasteiger partial charge < -0.3 is 9.64 Å². The number of esters is 1. The van der Waals surface area contributed by atoms with Crippen LogP contribution in [0.2, 0.25) is 0 Å². The molecule has 0 spiro atoms. The van der Waals surface area contributed by atoms with Gasteiger partial charge in [-0.2, -0.15) is 5.10 Å². The maximum Gasteiger partial charge on any atom is 0.341 e. The van der Waals surface area contributed by atoms with Gasteiger partial charge in [0.15, 0.2) is 5.65 Å². The predicted molar refractivity (Wildman–Crippen MR) is 149 cm³/mol. The van der Waals surface area contributed by atoms with Crippen molar-refractivity contribution in [1.29, 1.82) is 0 Å². The Hall–Kier alpha value is -4.49. The third-order valence-corrected chi connectivity index (χ3v) is 7.20. The number of aromatic nitrogens is 3. The van der Waals surface area contributed by atoms with Crippen molar-refractivity contribution in [2.75, 3.05) is 38.2 Å². The van der Waals surface area contributed by atoms with Crippen LogP contribution in [0.5, 0.6) is 0 Å². The van der Waals surface area contributed by atoms with Gasteiger partial charge in [0, 0.05) is 32.4 Å². The number of nitrogens with zero attached hydrogens (tertiary/aromatic N) is 5. The lowest BCUT2D eigenvalue weighted by Crippen LogP contribution is -2.48. The molecule has 0 radical (unpaired) electrons. The number of fused-ring (bicyclic) bond motifs is 1. The number of ether oxygens (including phenoxy) is 1. The van der Waals surface area contributed by atoms with Crippen LogP contribution in [0.4, 0.5) is 5.69 Å². The molecule has 38 heavy (non-hydrogen) atoms. The number of piperazine rings is 1. The summed E-state index contributed by atoms with van der Waals surface area (Å²) in [5.41, 5.74) is 5.48. The maximum atomic E-state index is 12.8. The SMILES string of the molecule is COC(=O)c1cnc2c(cnn2-c2ccccc2)c1N1CCN(C(c2ccccc2)c2ccccc2)CC1. The minimum absolute atomic E-state index is 0.165. The fourth-order valence-corrected chi connectivity index (χ4v) is 5.41. The van der Waals surface area contributed by atoms with Gasteiger partial charge in [-0.3, -0.25) is 4.90 Å². The van der Waals surface area contributed by atoms with Gasteiger partial charge in [-0.1, -0.05) is 78.9 Å². The molecule has 0 amide bonds. The topological polar surface area (TPSA) is 63.5 Å². The van der Waals surface area contributed by atoms with E-state index < -0.39 is 5.97 Å². The first-order valence-corrected chi connectivity index (χ1v) is 12.8. The molecule has 3 aromatic carbocycles. The Kier molecular flexibility index (Phi) is 6.58. The van der Waals surface area contributed by atoms with E-state index in [4.69, 9.17) is 4.74 Å². The number of rotatable bonds is 6. The summed E-state index contributed by atoms with van der Waals surface area (Å²) < 4.78 is 6.96. The first-order chi connectivity index (χ1) is 18.7. The van der Waals surface area contributed by atoms with Gasteiger partial charge in [0.25, 0.3) is 0 Å². The highest BCUT2D eigenvalue weighted by atomic mass is 16.5. The minimum atomic E-state index is -0.393. The first kappa shape index (κ1) is 23.9. The molecule has 1 saturated heterocycles. The number of carbonyl (C=O) groups excluding carboxylic acids is 1. The van der Waals surface area contributed by atoms with Crippen molar-refractivity contribution < 1.29 is 9.53 Å². The molecule has 0 aliphatic carbocycles. The van der Waals surface area contributed by atoms with Crippen LogP contribution >= 0.6 is 0 Å². The number of carbonyl (C=O) groups is 1. The predicted octanol–water partition coefficient (Wildman–Crippen LogP) is 5.12. The van der Waals surface area contributed by atoms with Gasteiger partial charge in [0.2, 0.25) is 0 Å². The van der Waals surface area contributed by atoms with Crippen molar-refractivity contribution in [1.82, 2.24) is 19.7 Å². The van der Waals surface area contributed by atoms with E-state index in [1.165, 1.54) is 18.2 Å². The number of hydrogen-bond donors (Lipinski definition) is 0. The molecule has 5 aromatic rings. The van der Waals surface area contributed by atoms with Crippen molar-refractivity contribution >= 4 is 22.7 Å². The molecule has 0 saturated carbocycles. The summed E-state index contributed by atoms with van der Waals surface area (Å²) in [7, 11) is 1.41. The van der Waals surface area contributed by atoms with E-state index in [1.54, 1.807) is 12.4 Å². The summed E-state index contributed by atoms with van der Waals surface area (Å²) in [6, 6.07) is 31.4. The number of anilines is 1. The van der Waals surface area contributed by atoms with Crippen molar-refractivity contribution in [3.8, 4) is 5.69 Å². The molecule has 6 rings (SSSR count). The lowest BCUT2D eigenvalue weighted by Gasteiger charge is -2.41. The van der Waals surface area contributed by atoms with Crippen LogP contribution < -0.4 is 4.90 Å². The van der Waals surface area contributed by atoms with E-state index in [1.807, 2.05) is 35.0 Å². The number of methoxy groups -OCH3 is 1. The fraction of sp³-hybridized carbons (Fsp3) is 0.194. The summed E-state index contributed by atoms with van der Waals surface area (Å²) in [4.78, 5) is 22.2. The Morgan fingerprint density at radius 3 is 1.95 bits per heavy atom. The highest BCUT2D eigenvalue weighted by molar-refractivity contribution is 6.04. The normalized spacial score (nSPS) is 14.2. The molecule has 1 aliphatic rings. The second kappa shape index (κ2) is 10.5. The zero-order valence-corrected chi connectivity index (χ0v) is 21.3. The minimum Gasteiger partial charge on any atom is -0.465 e. The largest absolute Gasteiger partial charge is 0.465 e. The molecule has 7 nitrogen and oxygen atoms in total. The van der Waals surface area contributed by atoms with Crippen LogP contribution in [0, 0.1) is 0 Å². The zero-order chi connectivity index (χ0) is 25.9. The third-order valence-electron chi connectivity index (χ3n) is 7.20. The Balaban J connectivity index is 1.35. The van der Waals surface area contributed by atoms with E-state index >= 15 is 0 Å². The van der Waals surface area contributed by atoms with Gasteiger partial charge in [-0.15, -0.1) is 0 Å². The van der Waals surface area contributed by atoms with Crippen molar-refractivity contribution in [3.63, 3.8) is 0 Å². The lowest BCUT2D eigenvalue weighted by atomic mass is 9.96. The van der Waals surface area contributed by atoms with Crippen LogP contribution in [-0.2, 0) is 4.74 Å². The van der Waals surface area contributed by atoms with Gasteiger partial charge in [-0.25, -0.2) is 14.5 Å². The van der Waals surface area contributed by atoms with E-state index in [9.17, 15) is 4.79 Å². The first-order valence-electron chi connectivity index (χ1n) is 12.8. The average Bonchev–Trinajstić information content (AvgIpc) is 3.43. The smallest absolute Gasteiger partial charge is 0.341 e. The van der Waals surface area contributed by atoms with Gasteiger partial charge >= 0.3 is 5.97 Å². The summed E-state index contributed by atoms with van der Waals surface area (Å²) in [5, 5.41) is 5.48. The molecule has 1 aliphatic heterocycles. The standard InChI is InChI=1S/C31H29N5O2/c1-38-31(37)27-21-32-30-26(22-33-36(30)25-15-9-4-10-16-25)29(27)35-19-17-34(18-20-35)28(23-11-5-2-6-12-23)24-13-7-3-8-14-24/h2-16,21-22,28H,17-20H2,1H3. The maximum absolute atomic E-state index is 12.8. The molecule has 2 aromatic heterocycles. The molecule has 0 N–H and O–H groups in total. The van der Waals surface area contributed by atoms with E-state index in [2.05, 4.69) is 80.5 Å². The molecule has 3 heterocycles. The van der Waals surface area contributed by atoms with Crippen molar-refractivity contribution in [2.24, 2.45) is 0 Å². The van der Waals surface area contributed by atoms with E-state index in [-0.39, 0.29) is 6.04 Å². The second-order valence-corrected chi connectivity index (χ2v) is 9.39. The molecular formula is C31H29N5O2. The number of para-hydroxylation sites is 1. The number of pyridine rings is 1. The van der Waals surface area contributed by atoms with Crippen molar-refractivity contribution in [2.45, 2.75) is 6.04 Å². The molecule has 190 valence electrons. The quantitative estimate of drug-likeness (QED) is 0.300. The Bertz CT molecular complexity index is 1490. The highest BCUT2D eigenvalue weighted by Crippen LogP contribution is 2.34. The van der Waals surface area contributed by atoms with Crippen LogP contribution in [-0.4, -0.2) is 58.9 Å². The molecule has 0 atom stereocenters. The van der Waals surface area contributed by atoms with Crippen LogP contribution in [0.3, 0.4) is 0 Å². The summed E-state index contributed by atoms with van der Waals surface area (Å²) in [5.74, 6) is -0.393. The lowest BCUT2D eigenvalue weighted by molar-refractivity contribution is 0.0601. The Morgan fingerprint density at radius 1 is 0.789 bits per heavy atom. The summed E-state index contributed by atoms with van der Waals surface area (Å²) in [6.07, 6.45) is 3.42. The van der Waals surface area contributed by atoms with E-state index in [0.29, 0.717) is 11.2 Å². The molecule has 1 fully saturated rings. The van der Waals surface area contributed by atoms with Crippen LogP contribution in [0.1, 0.15) is 27.5 Å². The average molecular weight is 504 g/mol. The Morgan fingerprint density at radius 2 is 1.37 bits per heavy atom. The molecule has 7 heteroatoms. The van der Waals surface area contributed by atoms with E-state index in [0.717, 1.165) is 42.9 Å². The van der Waals surface area contributed by atoms with Gasteiger partial charge in [0.05, 0.1) is 36.1 Å². The molecule has 0 bridgehead atoms.